The molecule has 0 spiro atoms. The van der Waals surface area contributed by atoms with Crippen LogP contribution in [0.15, 0.2) is 18.2 Å². The van der Waals surface area contributed by atoms with E-state index in [2.05, 4.69) is 10.1 Å². The normalized spacial score (nSPS) is 9.90. The lowest BCUT2D eigenvalue weighted by atomic mass is 10.2. The Hall–Kier alpha value is -1.79. The lowest BCUT2D eigenvalue weighted by molar-refractivity contribution is -0.117. The molecule has 0 aliphatic carbocycles. The molecule has 0 atom stereocenters. The van der Waals surface area contributed by atoms with Crippen LogP contribution >= 0.6 is 12.4 Å². The lowest BCUT2D eigenvalue weighted by Gasteiger charge is -2.17. The van der Waals surface area contributed by atoms with Gasteiger partial charge in [0, 0.05) is 11.8 Å². The van der Waals surface area contributed by atoms with Gasteiger partial charge in [-0.15, -0.1) is 12.4 Å². The third kappa shape index (κ3) is 5.61. The molecule has 7 heteroatoms. The minimum Gasteiger partial charge on any atom is -0.507 e. The van der Waals surface area contributed by atoms with Crippen LogP contribution in [0.3, 0.4) is 0 Å². The Morgan fingerprint density at radius 1 is 1.29 bits per heavy atom. The number of phenols is 1. The Morgan fingerprint density at radius 2 is 1.90 bits per heavy atom. The lowest BCUT2D eigenvalue weighted by Crippen LogP contribution is -2.32. The molecule has 0 radical (unpaired) electrons. The number of ether oxygens (including phenoxy) is 1. The predicted molar refractivity (Wildman–Crippen MR) is 83.1 cm³/mol. The number of benzene rings is 1. The van der Waals surface area contributed by atoms with Crippen LogP contribution in [0.4, 0.5) is 5.69 Å². The number of nitrogens with one attached hydrogen (secondary N) is 1. The number of likely N-dealkylation sites (N-methyl/N-ethyl adjacent to an activating group) is 1. The monoisotopic (exact) mass is 316 g/mol. The number of halogens is 1. The highest BCUT2D eigenvalue weighted by atomic mass is 35.5. The summed E-state index contributed by atoms with van der Waals surface area (Å²) in [6, 6.07) is 4.28. The molecule has 0 fully saturated rings. The van der Waals surface area contributed by atoms with Crippen molar-refractivity contribution in [2.24, 2.45) is 0 Å². The molecule has 0 unspecified atom stereocenters. The van der Waals surface area contributed by atoms with E-state index in [1.807, 2.05) is 18.7 Å². The van der Waals surface area contributed by atoms with E-state index in [1.165, 1.54) is 19.2 Å². The molecule has 1 amide bonds. The second-order valence-corrected chi connectivity index (χ2v) is 4.23. The average molecular weight is 317 g/mol. The topological polar surface area (TPSA) is 78.9 Å². The second-order valence-electron chi connectivity index (χ2n) is 4.23. The molecule has 0 saturated carbocycles. The number of esters is 1. The van der Waals surface area contributed by atoms with Gasteiger partial charge in [0.15, 0.2) is 0 Å². The van der Waals surface area contributed by atoms with Gasteiger partial charge < -0.3 is 15.2 Å². The number of carbonyl (C=O) groups is 2. The van der Waals surface area contributed by atoms with Gasteiger partial charge in [0.2, 0.25) is 5.91 Å². The predicted octanol–water partition coefficient (Wildman–Crippen LogP) is 1.88. The van der Waals surface area contributed by atoms with E-state index in [0.29, 0.717) is 5.69 Å². The summed E-state index contributed by atoms with van der Waals surface area (Å²) in [6.07, 6.45) is 0. The molecule has 1 rings (SSSR count). The number of hydrogen-bond donors (Lipinski definition) is 2. The minimum absolute atomic E-state index is 0. The molecule has 0 aliphatic rings. The second kappa shape index (κ2) is 9.20. The van der Waals surface area contributed by atoms with Gasteiger partial charge in [0.05, 0.1) is 13.7 Å². The number of amides is 1. The maximum absolute atomic E-state index is 11.8. The van der Waals surface area contributed by atoms with Crippen molar-refractivity contribution in [3.05, 3.63) is 23.8 Å². The Morgan fingerprint density at radius 3 is 2.38 bits per heavy atom. The number of methoxy groups -OCH3 is 1. The van der Waals surface area contributed by atoms with Crippen molar-refractivity contribution < 1.29 is 19.4 Å². The van der Waals surface area contributed by atoms with Gasteiger partial charge in [-0.2, -0.15) is 0 Å². The highest BCUT2D eigenvalue weighted by molar-refractivity contribution is 5.95. The molecular formula is C14H21ClN2O4. The first kappa shape index (κ1) is 19.2. The molecule has 6 nitrogen and oxygen atoms in total. The Kier molecular flexibility index (Phi) is 8.42. The van der Waals surface area contributed by atoms with Crippen LogP contribution in [0.2, 0.25) is 0 Å². The highest BCUT2D eigenvalue weighted by Crippen LogP contribution is 2.22. The first-order chi connectivity index (χ1) is 9.51. The molecule has 1 aromatic carbocycles. The van der Waals surface area contributed by atoms with Gasteiger partial charge >= 0.3 is 5.97 Å². The fraction of sp³-hybridized carbons (Fsp3) is 0.429. The molecular weight excluding hydrogens is 296 g/mol. The number of anilines is 1. The van der Waals surface area contributed by atoms with Crippen molar-refractivity contribution in [3.63, 3.8) is 0 Å². The van der Waals surface area contributed by atoms with E-state index in [0.717, 1.165) is 13.1 Å². The summed E-state index contributed by atoms with van der Waals surface area (Å²) in [6.45, 7) is 5.82. The molecule has 0 saturated heterocycles. The zero-order valence-corrected chi connectivity index (χ0v) is 13.2. The summed E-state index contributed by atoms with van der Waals surface area (Å²) in [5.74, 6) is -1.01. The number of carbonyl (C=O) groups excluding carboxylic acids is 2. The van der Waals surface area contributed by atoms with E-state index >= 15 is 0 Å². The van der Waals surface area contributed by atoms with Crippen LogP contribution < -0.4 is 5.32 Å². The van der Waals surface area contributed by atoms with E-state index < -0.39 is 5.97 Å². The van der Waals surface area contributed by atoms with Crippen molar-refractivity contribution in [3.8, 4) is 5.75 Å². The van der Waals surface area contributed by atoms with Crippen LogP contribution in [-0.2, 0) is 9.53 Å². The Bertz CT molecular complexity index is 490. The largest absolute Gasteiger partial charge is 0.507 e. The number of hydrogen-bond acceptors (Lipinski definition) is 5. The molecule has 21 heavy (non-hydrogen) atoms. The zero-order valence-electron chi connectivity index (χ0n) is 12.4. The van der Waals surface area contributed by atoms with Crippen LogP contribution in [0, 0.1) is 0 Å². The van der Waals surface area contributed by atoms with Gasteiger partial charge in [-0.05, 0) is 25.2 Å². The molecule has 2 N–H and O–H groups in total. The first-order valence-electron chi connectivity index (χ1n) is 6.45. The van der Waals surface area contributed by atoms with E-state index in [4.69, 9.17) is 0 Å². The summed E-state index contributed by atoms with van der Waals surface area (Å²) in [5, 5.41) is 12.4. The fourth-order valence-electron chi connectivity index (χ4n) is 1.74. The van der Waals surface area contributed by atoms with Gasteiger partial charge in [0.25, 0.3) is 0 Å². The maximum atomic E-state index is 11.8. The average Bonchev–Trinajstić information content (AvgIpc) is 2.44. The first-order valence-corrected chi connectivity index (χ1v) is 6.45. The summed E-state index contributed by atoms with van der Waals surface area (Å²) in [5.41, 5.74) is 0.501. The molecule has 0 aromatic heterocycles. The highest BCUT2D eigenvalue weighted by Gasteiger charge is 2.13. The van der Waals surface area contributed by atoms with Crippen molar-refractivity contribution in [1.29, 1.82) is 0 Å². The summed E-state index contributed by atoms with van der Waals surface area (Å²) >= 11 is 0. The van der Waals surface area contributed by atoms with Gasteiger partial charge in [-0.3, -0.25) is 9.69 Å². The van der Waals surface area contributed by atoms with Gasteiger partial charge in [-0.25, -0.2) is 4.79 Å². The zero-order chi connectivity index (χ0) is 15.1. The number of phenolic OH excluding ortho intramolecular Hbond substituents is 1. The Balaban J connectivity index is 0.00000400. The van der Waals surface area contributed by atoms with Gasteiger partial charge in [0.1, 0.15) is 11.3 Å². The van der Waals surface area contributed by atoms with Crippen LogP contribution in [-0.4, -0.2) is 48.6 Å². The van der Waals surface area contributed by atoms with Crippen molar-refractivity contribution in [1.82, 2.24) is 4.90 Å². The number of rotatable bonds is 6. The maximum Gasteiger partial charge on any atom is 0.341 e. The standard InChI is InChI=1S/C14H20N2O4.ClH/c1-4-16(5-2)9-13(18)15-10-6-7-11(12(17)8-10)14(19)20-3;/h6-8,17H,4-5,9H2,1-3H3,(H,15,18);1H. The fourth-order valence-corrected chi connectivity index (χ4v) is 1.74. The third-order valence-electron chi connectivity index (χ3n) is 2.95. The van der Waals surface area contributed by atoms with Crippen molar-refractivity contribution in [2.75, 3.05) is 32.1 Å². The number of nitrogens with zero attached hydrogens (tertiary/aromatic N) is 1. The molecule has 1 aromatic rings. The van der Waals surface area contributed by atoms with E-state index in [1.54, 1.807) is 6.07 Å². The summed E-state index contributed by atoms with van der Waals surface area (Å²) in [4.78, 5) is 25.1. The van der Waals surface area contributed by atoms with Crippen LogP contribution in [0.5, 0.6) is 5.75 Å². The summed E-state index contributed by atoms with van der Waals surface area (Å²) < 4.78 is 4.53. The smallest absolute Gasteiger partial charge is 0.341 e. The molecule has 0 bridgehead atoms. The Labute approximate surface area is 130 Å². The number of aromatic hydroxyl groups is 1. The summed E-state index contributed by atoms with van der Waals surface area (Å²) in [7, 11) is 1.24. The minimum atomic E-state index is -0.622. The molecule has 118 valence electrons. The van der Waals surface area contributed by atoms with Crippen molar-refractivity contribution >= 4 is 30.0 Å². The van der Waals surface area contributed by atoms with E-state index in [-0.39, 0.29) is 36.2 Å². The van der Waals surface area contributed by atoms with Crippen molar-refractivity contribution in [2.45, 2.75) is 13.8 Å². The molecule has 0 heterocycles. The SMILES string of the molecule is CCN(CC)CC(=O)Nc1ccc(C(=O)OC)c(O)c1.Cl. The van der Waals surface area contributed by atoms with E-state index in [9.17, 15) is 14.7 Å². The van der Waals surface area contributed by atoms with Crippen LogP contribution in [0.25, 0.3) is 0 Å². The third-order valence-corrected chi connectivity index (χ3v) is 2.95. The van der Waals surface area contributed by atoms with Gasteiger partial charge in [-0.1, -0.05) is 13.8 Å². The quantitative estimate of drug-likeness (QED) is 0.783. The van der Waals surface area contributed by atoms with Crippen LogP contribution in [0.1, 0.15) is 24.2 Å². The molecule has 0 aliphatic heterocycles.